The molecule has 2 N–H and O–H groups in total. The standard InChI is InChI=1S/C18H24N2O3/c1-12(13-7-9-23-10-8-13)17(21)19-15-3-2-4-16(11-15)20-18(22)14-5-6-14/h2-4,11-14H,5-10H2,1H3,(H,19,21)(H,20,22). The summed E-state index contributed by atoms with van der Waals surface area (Å²) in [6.45, 7) is 3.46. The average molecular weight is 316 g/mol. The van der Waals surface area contributed by atoms with E-state index < -0.39 is 0 Å². The van der Waals surface area contributed by atoms with Crippen molar-refractivity contribution in [1.29, 1.82) is 0 Å². The van der Waals surface area contributed by atoms with Crippen molar-refractivity contribution in [2.45, 2.75) is 32.6 Å². The van der Waals surface area contributed by atoms with Crippen molar-refractivity contribution >= 4 is 23.2 Å². The molecule has 0 aromatic heterocycles. The lowest BCUT2D eigenvalue weighted by Crippen LogP contribution is -2.30. The van der Waals surface area contributed by atoms with Crippen LogP contribution in [0.15, 0.2) is 24.3 Å². The zero-order valence-corrected chi connectivity index (χ0v) is 13.5. The van der Waals surface area contributed by atoms with E-state index in [-0.39, 0.29) is 23.7 Å². The van der Waals surface area contributed by atoms with Crippen LogP contribution in [0, 0.1) is 17.8 Å². The van der Waals surface area contributed by atoms with Crippen LogP contribution in [0.4, 0.5) is 11.4 Å². The first kappa shape index (κ1) is 16.0. The van der Waals surface area contributed by atoms with Crippen molar-refractivity contribution in [3.05, 3.63) is 24.3 Å². The zero-order valence-electron chi connectivity index (χ0n) is 13.5. The van der Waals surface area contributed by atoms with Gasteiger partial charge in [-0.3, -0.25) is 9.59 Å². The minimum absolute atomic E-state index is 0.0302. The second kappa shape index (κ2) is 7.13. The molecule has 2 aliphatic rings. The number of nitrogens with one attached hydrogen (secondary N) is 2. The molecule has 124 valence electrons. The van der Waals surface area contributed by atoms with Crippen molar-refractivity contribution in [3.8, 4) is 0 Å². The lowest BCUT2D eigenvalue weighted by Gasteiger charge is -2.27. The molecule has 1 aromatic rings. The Kier molecular flexibility index (Phi) is 4.96. The number of amides is 2. The van der Waals surface area contributed by atoms with E-state index in [0.29, 0.717) is 5.92 Å². The third kappa shape index (κ3) is 4.32. The number of benzene rings is 1. The van der Waals surface area contributed by atoms with E-state index in [1.807, 2.05) is 31.2 Å². The lowest BCUT2D eigenvalue weighted by molar-refractivity contribution is -0.122. The maximum Gasteiger partial charge on any atom is 0.227 e. The van der Waals surface area contributed by atoms with E-state index in [2.05, 4.69) is 10.6 Å². The quantitative estimate of drug-likeness (QED) is 0.877. The number of hydrogen-bond donors (Lipinski definition) is 2. The highest BCUT2D eigenvalue weighted by Crippen LogP contribution is 2.30. The predicted molar refractivity (Wildman–Crippen MR) is 89.1 cm³/mol. The van der Waals surface area contributed by atoms with Crippen molar-refractivity contribution in [3.63, 3.8) is 0 Å². The average Bonchev–Trinajstić information content (AvgIpc) is 3.40. The number of carbonyl (C=O) groups is 2. The summed E-state index contributed by atoms with van der Waals surface area (Å²) in [5.74, 6) is 0.610. The maximum absolute atomic E-state index is 12.4. The number of hydrogen-bond acceptors (Lipinski definition) is 3. The molecule has 0 radical (unpaired) electrons. The largest absolute Gasteiger partial charge is 0.381 e. The van der Waals surface area contributed by atoms with E-state index in [1.165, 1.54) is 0 Å². The zero-order chi connectivity index (χ0) is 16.2. The van der Waals surface area contributed by atoms with Gasteiger partial charge in [-0.15, -0.1) is 0 Å². The molecule has 2 fully saturated rings. The first-order valence-electron chi connectivity index (χ1n) is 8.43. The van der Waals surface area contributed by atoms with Gasteiger partial charge >= 0.3 is 0 Å². The highest BCUT2D eigenvalue weighted by Gasteiger charge is 2.29. The second-order valence-corrected chi connectivity index (χ2v) is 6.57. The second-order valence-electron chi connectivity index (χ2n) is 6.57. The summed E-state index contributed by atoms with van der Waals surface area (Å²) in [5, 5.41) is 5.87. The van der Waals surface area contributed by atoms with Gasteiger partial charge in [-0.25, -0.2) is 0 Å². The smallest absolute Gasteiger partial charge is 0.227 e. The Balaban J connectivity index is 1.57. The summed E-state index contributed by atoms with van der Waals surface area (Å²) in [5.41, 5.74) is 1.46. The Morgan fingerprint density at radius 2 is 1.74 bits per heavy atom. The van der Waals surface area contributed by atoms with Gasteiger partial charge in [-0.05, 0) is 49.8 Å². The van der Waals surface area contributed by atoms with Gasteiger partial charge in [-0.2, -0.15) is 0 Å². The van der Waals surface area contributed by atoms with E-state index in [9.17, 15) is 9.59 Å². The minimum Gasteiger partial charge on any atom is -0.381 e. The van der Waals surface area contributed by atoms with Crippen LogP contribution >= 0.6 is 0 Å². The van der Waals surface area contributed by atoms with Crippen molar-refractivity contribution < 1.29 is 14.3 Å². The predicted octanol–water partition coefficient (Wildman–Crippen LogP) is 3.04. The molecule has 23 heavy (non-hydrogen) atoms. The molecule has 2 amide bonds. The normalized spacial score (nSPS) is 19.9. The van der Waals surface area contributed by atoms with Gasteiger partial charge in [0.15, 0.2) is 0 Å². The lowest BCUT2D eigenvalue weighted by atomic mass is 9.87. The summed E-state index contributed by atoms with van der Waals surface area (Å²) in [7, 11) is 0. The van der Waals surface area contributed by atoms with Crippen LogP contribution in [0.2, 0.25) is 0 Å². The van der Waals surface area contributed by atoms with Crippen LogP contribution in [0.5, 0.6) is 0 Å². The van der Waals surface area contributed by atoms with Gasteiger partial charge in [0.2, 0.25) is 11.8 Å². The number of ether oxygens (including phenoxy) is 1. The van der Waals surface area contributed by atoms with Crippen LogP contribution in [-0.4, -0.2) is 25.0 Å². The van der Waals surface area contributed by atoms with Gasteiger partial charge < -0.3 is 15.4 Å². The Hall–Kier alpha value is -1.88. The molecule has 1 aromatic carbocycles. The molecule has 1 atom stereocenters. The van der Waals surface area contributed by atoms with Crippen molar-refractivity contribution in [2.24, 2.45) is 17.8 Å². The fourth-order valence-corrected chi connectivity index (χ4v) is 2.95. The van der Waals surface area contributed by atoms with Gasteiger partial charge in [0.05, 0.1) is 0 Å². The Labute approximate surface area is 136 Å². The molecule has 5 heteroatoms. The summed E-state index contributed by atoms with van der Waals surface area (Å²) in [4.78, 5) is 24.2. The van der Waals surface area contributed by atoms with Crippen molar-refractivity contribution in [1.82, 2.24) is 0 Å². The molecule has 1 heterocycles. The summed E-state index contributed by atoms with van der Waals surface area (Å²) in [6, 6.07) is 7.35. The van der Waals surface area contributed by atoms with Gasteiger partial charge in [-0.1, -0.05) is 13.0 Å². The summed E-state index contributed by atoms with van der Waals surface area (Å²) < 4.78 is 5.35. The molecular weight excluding hydrogens is 292 g/mol. The van der Waals surface area contributed by atoms with Gasteiger partial charge in [0, 0.05) is 36.4 Å². The SMILES string of the molecule is CC(C(=O)Nc1cccc(NC(=O)C2CC2)c1)C1CCOCC1. The Bertz CT molecular complexity index is 577. The Morgan fingerprint density at radius 3 is 2.39 bits per heavy atom. The molecule has 5 nitrogen and oxygen atoms in total. The first-order valence-corrected chi connectivity index (χ1v) is 8.43. The van der Waals surface area contributed by atoms with Gasteiger partial charge in [0.1, 0.15) is 0 Å². The molecule has 1 aliphatic heterocycles. The molecular formula is C18H24N2O3. The summed E-state index contributed by atoms with van der Waals surface area (Å²) >= 11 is 0. The highest BCUT2D eigenvalue weighted by molar-refractivity contribution is 5.96. The van der Waals surface area contributed by atoms with Crippen molar-refractivity contribution in [2.75, 3.05) is 23.8 Å². The van der Waals surface area contributed by atoms with E-state index in [0.717, 1.165) is 50.3 Å². The monoisotopic (exact) mass is 316 g/mol. The topological polar surface area (TPSA) is 67.4 Å². The molecule has 1 aliphatic carbocycles. The fourth-order valence-electron chi connectivity index (χ4n) is 2.95. The Morgan fingerprint density at radius 1 is 1.09 bits per heavy atom. The van der Waals surface area contributed by atoms with E-state index >= 15 is 0 Å². The number of carbonyl (C=O) groups excluding carboxylic acids is 2. The third-order valence-electron chi connectivity index (χ3n) is 4.73. The minimum atomic E-state index is -0.0383. The highest BCUT2D eigenvalue weighted by atomic mass is 16.5. The van der Waals surface area contributed by atoms with E-state index in [4.69, 9.17) is 4.74 Å². The molecule has 1 saturated carbocycles. The third-order valence-corrected chi connectivity index (χ3v) is 4.73. The van der Waals surface area contributed by atoms with E-state index in [1.54, 1.807) is 0 Å². The van der Waals surface area contributed by atoms with Crippen LogP contribution in [0.3, 0.4) is 0 Å². The molecule has 1 unspecified atom stereocenters. The van der Waals surface area contributed by atoms with Crippen LogP contribution < -0.4 is 10.6 Å². The van der Waals surface area contributed by atoms with Gasteiger partial charge in [0.25, 0.3) is 0 Å². The number of rotatable bonds is 5. The summed E-state index contributed by atoms with van der Waals surface area (Å²) in [6.07, 6.45) is 3.83. The maximum atomic E-state index is 12.4. The molecule has 0 spiro atoms. The fraction of sp³-hybridized carbons (Fsp3) is 0.556. The molecule has 0 bridgehead atoms. The number of anilines is 2. The van der Waals surface area contributed by atoms with Crippen LogP contribution in [0.25, 0.3) is 0 Å². The first-order chi connectivity index (χ1) is 11.1. The molecule has 3 rings (SSSR count). The molecule has 1 saturated heterocycles. The van der Waals surface area contributed by atoms with Crippen LogP contribution in [-0.2, 0) is 14.3 Å². The van der Waals surface area contributed by atoms with Crippen LogP contribution in [0.1, 0.15) is 32.6 Å².